The van der Waals surface area contributed by atoms with Crippen LogP contribution in [0.1, 0.15) is 125 Å². The minimum absolute atomic E-state index is 0.0449. The average Bonchev–Trinajstić information content (AvgIpc) is 3.44. The molecule has 0 radical (unpaired) electrons. The van der Waals surface area contributed by atoms with Crippen molar-refractivity contribution >= 4 is 23.6 Å². The van der Waals surface area contributed by atoms with Gasteiger partial charge in [-0.05, 0) is 122 Å². The maximum absolute atomic E-state index is 13.3. The molecule has 6 N–H and O–H groups in total. The molecule has 9 nitrogen and oxygen atoms in total. The van der Waals surface area contributed by atoms with E-state index in [2.05, 4.69) is 45.3 Å². The highest BCUT2D eigenvalue weighted by atomic mass is 32.2. The number of thioether (sulfide) groups is 1. The molecule has 0 aromatic rings. The molecule has 1 heterocycles. The summed E-state index contributed by atoms with van der Waals surface area (Å²) in [4.78, 5) is 25.7. The van der Waals surface area contributed by atoms with Crippen LogP contribution in [0.25, 0.3) is 0 Å². The molecule has 0 spiro atoms. The smallest absolute Gasteiger partial charge is 0.223 e. The number of amides is 2. The van der Waals surface area contributed by atoms with Crippen molar-refractivity contribution in [1.82, 2.24) is 10.6 Å². The van der Waals surface area contributed by atoms with E-state index in [0.717, 1.165) is 54.8 Å². The lowest BCUT2D eigenvalue weighted by molar-refractivity contribution is -0.205. The summed E-state index contributed by atoms with van der Waals surface area (Å²) in [5.41, 5.74) is 0.0989. The third-order valence-corrected chi connectivity index (χ3v) is 15.9. The third-order valence-electron chi connectivity index (χ3n) is 14.7. The van der Waals surface area contributed by atoms with Crippen LogP contribution >= 0.6 is 11.8 Å². The number of fused-ring (bicyclic) bond motifs is 5. The highest BCUT2D eigenvalue weighted by Gasteiger charge is 2.60. The van der Waals surface area contributed by atoms with Crippen LogP contribution in [-0.2, 0) is 14.3 Å². The highest BCUT2D eigenvalue weighted by Crippen LogP contribution is 2.68. The monoisotopic (exact) mass is 722 g/mol. The summed E-state index contributed by atoms with van der Waals surface area (Å²) in [7, 11) is 0. The van der Waals surface area contributed by atoms with Gasteiger partial charge in [-0.1, -0.05) is 53.9 Å². The predicted octanol–water partition coefficient (Wildman–Crippen LogP) is 5.27. The van der Waals surface area contributed by atoms with Crippen molar-refractivity contribution in [3.63, 3.8) is 0 Å². The molecule has 0 aromatic heterocycles. The van der Waals surface area contributed by atoms with Crippen LogP contribution in [0.2, 0.25) is 0 Å². The summed E-state index contributed by atoms with van der Waals surface area (Å²) >= 11 is 1.28. The van der Waals surface area contributed by atoms with Gasteiger partial charge in [0.2, 0.25) is 11.8 Å². The molecular formula is C40H70N2O7S. The first-order valence-electron chi connectivity index (χ1n) is 20.3. The summed E-state index contributed by atoms with van der Waals surface area (Å²) in [5, 5.41) is 45.3. The summed E-state index contributed by atoms with van der Waals surface area (Å²) in [6.07, 6.45) is 11.4. The summed E-state index contributed by atoms with van der Waals surface area (Å²) in [5.74, 6) is 6.29. The maximum Gasteiger partial charge on any atom is 0.223 e. The van der Waals surface area contributed by atoms with Crippen LogP contribution < -0.4 is 10.6 Å². The fourth-order valence-corrected chi connectivity index (χ4v) is 12.9. The second kappa shape index (κ2) is 17.5. The highest BCUT2D eigenvalue weighted by molar-refractivity contribution is 7.99. The van der Waals surface area contributed by atoms with Crippen molar-refractivity contribution in [1.29, 1.82) is 0 Å². The minimum Gasteiger partial charge on any atom is -0.394 e. The van der Waals surface area contributed by atoms with E-state index in [0.29, 0.717) is 42.0 Å². The van der Waals surface area contributed by atoms with Crippen LogP contribution in [0.4, 0.5) is 0 Å². The fourth-order valence-electron chi connectivity index (χ4n) is 11.8. The SMILES string of the molecule is CC(C)CCC[C@@H](C)[C@H]1CC[C@H]2[C@@H]3CCC4C[C@@H](C(=O)NCCC(=O)NCCCS[C@@H]5O[C@H](CO)[C@@H](O)[C@H](O)[C@@H]5O)CC[C@]4(C)[C@H]3CC[C@]12C. The van der Waals surface area contributed by atoms with Crippen LogP contribution in [0.3, 0.4) is 0 Å². The predicted molar refractivity (Wildman–Crippen MR) is 198 cm³/mol. The Kier molecular flexibility index (Phi) is 14.1. The zero-order valence-electron chi connectivity index (χ0n) is 31.7. The molecule has 5 rings (SSSR count). The lowest BCUT2D eigenvalue weighted by atomic mass is 9.44. The minimum atomic E-state index is -1.38. The van der Waals surface area contributed by atoms with Gasteiger partial charge in [0.15, 0.2) is 0 Å². The molecule has 5 aliphatic rings. The molecule has 5 fully saturated rings. The largest absolute Gasteiger partial charge is 0.394 e. The Morgan fingerprint density at radius 2 is 1.58 bits per heavy atom. The summed E-state index contributed by atoms with van der Waals surface area (Å²) < 4.78 is 5.51. The molecule has 1 aliphatic heterocycles. The quantitative estimate of drug-likeness (QED) is 0.125. The first kappa shape index (κ1) is 40.3. The standard InChI is InChI=1S/C40H70N2O7S/c1-24(2)8-6-9-25(3)29-12-13-30-28-11-10-27-22-26(14-17-39(27,4)31(28)15-18-40(29,30)5)37(48)42-20-16-33(44)41-19-7-21-50-38-36(47)35(46)34(45)32(23-43)49-38/h24-32,34-36,38,43,45-47H,6-23H2,1-5H3,(H,41,44)(H,42,48)/t25-,26+,27?,28+,29-,30+,31+,32-,34-,35+,36+,38+,39+,40-/m1/s1. The van der Waals surface area contributed by atoms with Crippen molar-refractivity contribution in [2.24, 2.45) is 58.2 Å². The maximum atomic E-state index is 13.3. The van der Waals surface area contributed by atoms with Crippen LogP contribution in [0.15, 0.2) is 0 Å². The Bertz CT molecular complexity index is 1130. The Balaban J connectivity index is 1.00. The van der Waals surface area contributed by atoms with Crippen molar-refractivity contribution in [2.45, 2.75) is 154 Å². The molecule has 1 unspecified atom stereocenters. The molecule has 10 heteroatoms. The van der Waals surface area contributed by atoms with Crippen molar-refractivity contribution in [3.05, 3.63) is 0 Å². The zero-order valence-corrected chi connectivity index (χ0v) is 32.5. The second-order valence-corrected chi connectivity index (χ2v) is 19.2. The van der Waals surface area contributed by atoms with E-state index in [-0.39, 0.29) is 24.2 Å². The molecule has 288 valence electrons. The molecule has 4 saturated carbocycles. The zero-order chi connectivity index (χ0) is 36.2. The lowest BCUT2D eigenvalue weighted by Crippen LogP contribution is -2.57. The van der Waals surface area contributed by atoms with Crippen molar-refractivity contribution < 1.29 is 34.8 Å². The Hall–Kier alpha value is -0.910. The molecular weight excluding hydrogens is 653 g/mol. The van der Waals surface area contributed by atoms with Gasteiger partial charge in [-0.15, -0.1) is 11.8 Å². The van der Waals surface area contributed by atoms with Crippen LogP contribution in [-0.4, -0.2) is 87.5 Å². The molecule has 0 aromatic carbocycles. The normalized spacial score (nSPS) is 41.9. The second-order valence-electron chi connectivity index (χ2n) is 18.0. The van der Waals surface area contributed by atoms with Gasteiger partial charge in [0.05, 0.1) is 6.61 Å². The van der Waals surface area contributed by atoms with E-state index in [9.17, 15) is 30.0 Å². The van der Waals surface area contributed by atoms with E-state index in [1.54, 1.807) is 0 Å². The number of nitrogens with one attached hydrogen (secondary N) is 2. The number of aliphatic hydroxyl groups is 4. The van der Waals surface area contributed by atoms with Gasteiger partial charge < -0.3 is 35.8 Å². The lowest BCUT2D eigenvalue weighted by Gasteiger charge is -2.61. The van der Waals surface area contributed by atoms with Crippen LogP contribution in [0.5, 0.6) is 0 Å². The average molecular weight is 723 g/mol. The van der Waals surface area contributed by atoms with Crippen molar-refractivity contribution in [3.8, 4) is 0 Å². The number of ether oxygens (including phenoxy) is 1. The number of hydrogen-bond acceptors (Lipinski definition) is 8. The summed E-state index contributed by atoms with van der Waals surface area (Å²) in [6.45, 7) is 12.8. The number of rotatable bonds is 15. The molecule has 4 aliphatic carbocycles. The van der Waals surface area contributed by atoms with Gasteiger partial charge in [-0.3, -0.25) is 9.59 Å². The number of hydrogen-bond donors (Lipinski definition) is 6. The Morgan fingerprint density at radius 1 is 0.840 bits per heavy atom. The van der Waals surface area contributed by atoms with Gasteiger partial charge >= 0.3 is 0 Å². The molecule has 50 heavy (non-hydrogen) atoms. The van der Waals surface area contributed by atoms with Gasteiger partial charge in [-0.2, -0.15) is 0 Å². The third kappa shape index (κ3) is 8.72. The molecule has 1 saturated heterocycles. The number of aliphatic hydroxyl groups excluding tert-OH is 4. The van der Waals surface area contributed by atoms with E-state index < -0.39 is 36.5 Å². The van der Waals surface area contributed by atoms with E-state index in [4.69, 9.17) is 4.74 Å². The van der Waals surface area contributed by atoms with E-state index in [1.807, 2.05) is 0 Å². The Morgan fingerprint density at radius 3 is 2.32 bits per heavy atom. The van der Waals surface area contributed by atoms with Gasteiger partial charge in [0.25, 0.3) is 0 Å². The molecule has 2 amide bonds. The summed E-state index contributed by atoms with van der Waals surface area (Å²) in [6, 6.07) is 0. The van der Waals surface area contributed by atoms with E-state index in [1.165, 1.54) is 69.5 Å². The number of carbonyl (C=O) groups excluding carboxylic acids is 2. The molecule has 14 atom stereocenters. The first-order valence-corrected chi connectivity index (χ1v) is 21.3. The fraction of sp³-hybridized carbons (Fsp3) is 0.950. The van der Waals surface area contributed by atoms with Gasteiger partial charge in [-0.25, -0.2) is 0 Å². The van der Waals surface area contributed by atoms with Gasteiger partial charge in [0.1, 0.15) is 29.9 Å². The number of carbonyl (C=O) groups is 2. The van der Waals surface area contributed by atoms with Crippen molar-refractivity contribution in [2.75, 3.05) is 25.4 Å². The first-order chi connectivity index (χ1) is 23.8. The molecule has 0 bridgehead atoms. The van der Waals surface area contributed by atoms with E-state index >= 15 is 0 Å². The Labute approximate surface area is 306 Å². The van der Waals surface area contributed by atoms with Crippen LogP contribution in [0, 0.1) is 58.2 Å². The van der Waals surface area contributed by atoms with Gasteiger partial charge in [0, 0.05) is 25.4 Å². The topological polar surface area (TPSA) is 148 Å².